The molecule has 102 valence electrons. The van der Waals surface area contributed by atoms with E-state index in [1.807, 2.05) is 6.92 Å². The highest BCUT2D eigenvalue weighted by atomic mass is 16.5. The second-order valence-corrected chi connectivity index (χ2v) is 4.97. The van der Waals surface area contributed by atoms with E-state index in [9.17, 15) is 9.59 Å². The highest BCUT2D eigenvalue weighted by Gasteiger charge is 2.41. The molecule has 2 amide bonds. The SMILES string of the molecule is CCOC1CC(N)C1NC(=O)C1CCC(=O)NC1. The minimum absolute atomic E-state index is 0.0200. The Balaban J connectivity index is 1.81. The summed E-state index contributed by atoms with van der Waals surface area (Å²) in [6.07, 6.45) is 1.86. The minimum Gasteiger partial charge on any atom is -0.376 e. The second kappa shape index (κ2) is 5.67. The maximum atomic E-state index is 12.0. The van der Waals surface area contributed by atoms with E-state index in [-0.39, 0.29) is 35.9 Å². The van der Waals surface area contributed by atoms with Crippen LogP contribution in [0.15, 0.2) is 0 Å². The average Bonchev–Trinajstić information content (AvgIpc) is 2.36. The lowest BCUT2D eigenvalue weighted by Gasteiger charge is -2.43. The lowest BCUT2D eigenvalue weighted by molar-refractivity contribution is -0.132. The van der Waals surface area contributed by atoms with Gasteiger partial charge in [0.05, 0.1) is 18.1 Å². The molecular formula is C12H21N3O3. The molecule has 1 aliphatic carbocycles. The zero-order chi connectivity index (χ0) is 13.1. The first kappa shape index (κ1) is 13.3. The Morgan fingerprint density at radius 2 is 2.39 bits per heavy atom. The third-order valence-electron chi connectivity index (χ3n) is 3.69. The van der Waals surface area contributed by atoms with Crippen LogP contribution in [-0.2, 0) is 14.3 Å². The molecule has 1 heterocycles. The summed E-state index contributed by atoms with van der Waals surface area (Å²) in [6, 6.07) is -0.112. The van der Waals surface area contributed by atoms with Crippen molar-refractivity contribution in [2.24, 2.45) is 11.7 Å². The summed E-state index contributed by atoms with van der Waals surface area (Å²) < 4.78 is 5.50. The van der Waals surface area contributed by atoms with Crippen LogP contribution in [0.1, 0.15) is 26.2 Å². The quantitative estimate of drug-likeness (QED) is 0.609. The zero-order valence-electron chi connectivity index (χ0n) is 10.6. The highest BCUT2D eigenvalue weighted by molar-refractivity contribution is 5.84. The topological polar surface area (TPSA) is 93.4 Å². The smallest absolute Gasteiger partial charge is 0.225 e. The normalized spacial score (nSPS) is 35.6. The fourth-order valence-electron chi connectivity index (χ4n) is 2.47. The molecule has 0 spiro atoms. The minimum atomic E-state index is -0.141. The molecule has 2 rings (SSSR count). The van der Waals surface area contributed by atoms with E-state index in [1.54, 1.807) is 0 Å². The molecule has 0 aromatic carbocycles. The van der Waals surface area contributed by atoms with Crippen molar-refractivity contribution in [3.63, 3.8) is 0 Å². The summed E-state index contributed by atoms with van der Waals surface area (Å²) >= 11 is 0. The molecule has 2 aliphatic rings. The lowest BCUT2D eigenvalue weighted by Crippen LogP contribution is -2.65. The molecule has 1 saturated carbocycles. The number of amides is 2. The number of rotatable bonds is 4. The van der Waals surface area contributed by atoms with Crippen LogP contribution in [0.4, 0.5) is 0 Å². The van der Waals surface area contributed by atoms with Crippen LogP contribution in [0.5, 0.6) is 0 Å². The van der Waals surface area contributed by atoms with E-state index in [2.05, 4.69) is 10.6 Å². The summed E-state index contributed by atoms with van der Waals surface area (Å²) in [5, 5.41) is 5.65. The Labute approximate surface area is 107 Å². The maximum Gasteiger partial charge on any atom is 0.225 e. The third-order valence-corrected chi connectivity index (χ3v) is 3.69. The van der Waals surface area contributed by atoms with Crippen LogP contribution in [0.2, 0.25) is 0 Å². The van der Waals surface area contributed by atoms with E-state index in [4.69, 9.17) is 10.5 Å². The lowest BCUT2D eigenvalue weighted by atomic mass is 9.83. The van der Waals surface area contributed by atoms with Gasteiger partial charge in [-0.3, -0.25) is 9.59 Å². The van der Waals surface area contributed by atoms with Gasteiger partial charge in [0.15, 0.2) is 0 Å². The number of nitrogens with two attached hydrogens (primary N) is 1. The average molecular weight is 255 g/mol. The van der Waals surface area contributed by atoms with Gasteiger partial charge in [0.25, 0.3) is 0 Å². The fraction of sp³-hybridized carbons (Fsp3) is 0.833. The third kappa shape index (κ3) is 2.81. The van der Waals surface area contributed by atoms with E-state index >= 15 is 0 Å². The molecule has 6 nitrogen and oxygen atoms in total. The summed E-state index contributed by atoms with van der Waals surface area (Å²) in [6.45, 7) is 2.98. The second-order valence-electron chi connectivity index (χ2n) is 4.97. The van der Waals surface area contributed by atoms with Crippen molar-refractivity contribution in [1.82, 2.24) is 10.6 Å². The van der Waals surface area contributed by atoms with Crippen molar-refractivity contribution in [3.8, 4) is 0 Å². The molecule has 6 heteroatoms. The molecule has 0 aromatic heterocycles. The molecule has 0 aromatic rings. The summed E-state index contributed by atoms with van der Waals surface area (Å²) in [4.78, 5) is 23.1. The molecule has 0 bridgehead atoms. The molecule has 1 saturated heterocycles. The number of hydrogen-bond donors (Lipinski definition) is 3. The highest BCUT2D eigenvalue weighted by Crippen LogP contribution is 2.23. The molecule has 0 radical (unpaired) electrons. The van der Waals surface area contributed by atoms with Crippen molar-refractivity contribution >= 4 is 11.8 Å². The standard InChI is InChI=1S/C12H21N3O3/c1-2-18-9-5-8(13)11(9)15-12(17)7-3-4-10(16)14-6-7/h7-9,11H,2-6,13H2,1H3,(H,14,16)(H,15,17). The van der Waals surface area contributed by atoms with E-state index in [0.717, 1.165) is 6.42 Å². The first-order valence-corrected chi connectivity index (χ1v) is 6.56. The first-order valence-electron chi connectivity index (χ1n) is 6.56. The van der Waals surface area contributed by atoms with E-state index in [1.165, 1.54) is 0 Å². The van der Waals surface area contributed by atoms with Crippen LogP contribution in [-0.4, -0.2) is 43.2 Å². The Bertz CT molecular complexity index is 323. The molecule has 4 unspecified atom stereocenters. The van der Waals surface area contributed by atoms with Gasteiger partial charge in [-0.05, 0) is 19.8 Å². The predicted octanol–water partition coefficient (Wildman–Crippen LogP) is -0.866. The molecule has 4 atom stereocenters. The summed E-state index contributed by atoms with van der Waals surface area (Å²) in [5.74, 6) is -0.149. The number of carbonyl (C=O) groups excluding carboxylic acids is 2. The Kier molecular flexibility index (Phi) is 4.19. The number of carbonyl (C=O) groups is 2. The van der Waals surface area contributed by atoms with Gasteiger partial charge < -0.3 is 21.1 Å². The zero-order valence-corrected chi connectivity index (χ0v) is 10.6. The van der Waals surface area contributed by atoms with Crippen LogP contribution in [0, 0.1) is 5.92 Å². The fourth-order valence-corrected chi connectivity index (χ4v) is 2.47. The van der Waals surface area contributed by atoms with Crippen molar-refractivity contribution in [2.45, 2.75) is 44.4 Å². The van der Waals surface area contributed by atoms with Crippen LogP contribution in [0.25, 0.3) is 0 Å². The summed E-state index contributed by atoms with van der Waals surface area (Å²) in [7, 11) is 0. The van der Waals surface area contributed by atoms with Crippen LogP contribution < -0.4 is 16.4 Å². The Morgan fingerprint density at radius 3 is 2.94 bits per heavy atom. The maximum absolute atomic E-state index is 12.0. The first-order chi connectivity index (χ1) is 8.61. The predicted molar refractivity (Wildman–Crippen MR) is 65.7 cm³/mol. The molecule has 4 N–H and O–H groups in total. The molecule has 1 aliphatic heterocycles. The number of nitrogens with one attached hydrogen (secondary N) is 2. The van der Waals surface area contributed by atoms with E-state index in [0.29, 0.717) is 26.0 Å². The molecule has 18 heavy (non-hydrogen) atoms. The molecule has 2 fully saturated rings. The number of ether oxygens (including phenoxy) is 1. The van der Waals surface area contributed by atoms with Crippen LogP contribution >= 0.6 is 0 Å². The van der Waals surface area contributed by atoms with Gasteiger partial charge in [-0.2, -0.15) is 0 Å². The molecular weight excluding hydrogens is 234 g/mol. The number of hydrogen-bond acceptors (Lipinski definition) is 4. The van der Waals surface area contributed by atoms with Gasteiger partial charge >= 0.3 is 0 Å². The van der Waals surface area contributed by atoms with Gasteiger partial charge in [0.2, 0.25) is 11.8 Å². The van der Waals surface area contributed by atoms with Gasteiger partial charge in [0, 0.05) is 25.6 Å². The van der Waals surface area contributed by atoms with Gasteiger partial charge in [-0.1, -0.05) is 0 Å². The number of piperidine rings is 1. The summed E-state index contributed by atoms with van der Waals surface area (Å²) in [5.41, 5.74) is 5.88. The van der Waals surface area contributed by atoms with Gasteiger partial charge in [-0.25, -0.2) is 0 Å². The van der Waals surface area contributed by atoms with Crippen molar-refractivity contribution in [3.05, 3.63) is 0 Å². The van der Waals surface area contributed by atoms with Crippen molar-refractivity contribution in [1.29, 1.82) is 0 Å². The van der Waals surface area contributed by atoms with Crippen molar-refractivity contribution < 1.29 is 14.3 Å². The van der Waals surface area contributed by atoms with E-state index < -0.39 is 0 Å². The Hall–Kier alpha value is -1.14. The van der Waals surface area contributed by atoms with Crippen molar-refractivity contribution in [2.75, 3.05) is 13.2 Å². The van der Waals surface area contributed by atoms with Crippen LogP contribution in [0.3, 0.4) is 0 Å². The Morgan fingerprint density at radius 1 is 1.61 bits per heavy atom. The largest absolute Gasteiger partial charge is 0.376 e. The van der Waals surface area contributed by atoms with Gasteiger partial charge in [-0.15, -0.1) is 0 Å². The van der Waals surface area contributed by atoms with Gasteiger partial charge in [0.1, 0.15) is 0 Å². The monoisotopic (exact) mass is 255 g/mol.